The van der Waals surface area contributed by atoms with E-state index in [1.165, 1.54) is 0 Å². The van der Waals surface area contributed by atoms with Gasteiger partial charge in [-0.05, 0) is 38.1 Å². The molecule has 0 saturated heterocycles. The van der Waals surface area contributed by atoms with Gasteiger partial charge in [0, 0.05) is 36.7 Å². The molecule has 2 rings (SSSR count). The van der Waals surface area contributed by atoms with Crippen LogP contribution in [0.5, 0.6) is 0 Å². The van der Waals surface area contributed by atoms with E-state index >= 15 is 0 Å². The number of carboxylic acids is 2. The molecule has 0 N–H and O–H groups in total. The quantitative estimate of drug-likeness (QED) is 0.608. The number of hydrogen-bond acceptors (Lipinski definition) is 6. The maximum atomic E-state index is 8.89. The van der Waals surface area contributed by atoms with Crippen molar-refractivity contribution >= 4 is 11.9 Å². The topological polar surface area (TPSA) is 106 Å². The zero-order valence-corrected chi connectivity index (χ0v) is 12.5. The maximum absolute atomic E-state index is 8.89. The summed E-state index contributed by atoms with van der Waals surface area (Å²) in [7, 11) is 0. The van der Waals surface area contributed by atoms with Crippen LogP contribution in [0.1, 0.15) is 13.8 Å². The van der Waals surface area contributed by atoms with Crippen molar-refractivity contribution in [3.63, 3.8) is 0 Å². The van der Waals surface area contributed by atoms with Gasteiger partial charge in [0.05, 0.1) is 0 Å². The molecule has 117 valence electrons. The Morgan fingerprint density at radius 2 is 0.857 bits per heavy atom. The Morgan fingerprint density at radius 3 is 0.905 bits per heavy atom. The predicted octanol–water partition coefficient (Wildman–Crippen LogP) is -0.327. The first-order valence-electron chi connectivity index (χ1n) is 5.52. The molecule has 0 spiro atoms. The molecule has 6 nitrogen and oxygen atoms in total. The summed E-state index contributed by atoms with van der Waals surface area (Å²) in [6, 6.07) is 11.4. The van der Waals surface area contributed by atoms with E-state index in [2.05, 4.69) is 9.97 Å². The first-order valence-corrected chi connectivity index (χ1v) is 5.52. The van der Waals surface area contributed by atoms with Crippen molar-refractivity contribution in [2.24, 2.45) is 0 Å². The van der Waals surface area contributed by atoms with Crippen LogP contribution in [0.2, 0.25) is 0 Å². The van der Waals surface area contributed by atoms with Gasteiger partial charge in [-0.15, -0.1) is 0 Å². The molecule has 2 heterocycles. The van der Waals surface area contributed by atoms with Gasteiger partial charge in [-0.2, -0.15) is 0 Å². The first kappa shape index (κ1) is 23.8. The summed E-state index contributed by atoms with van der Waals surface area (Å²) >= 11 is 0. The van der Waals surface area contributed by atoms with E-state index in [0.29, 0.717) is 0 Å². The summed E-state index contributed by atoms with van der Waals surface area (Å²) in [4.78, 5) is 25.3. The number of carbonyl (C=O) groups is 2. The molecule has 0 atom stereocenters. The number of pyridine rings is 2. The summed E-state index contributed by atoms with van der Waals surface area (Å²) in [5, 5.41) is 17.8. The summed E-state index contributed by atoms with van der Waals surface area (Å²) in [6.07, 6.45) is 7.00. The van der Waals surface area contributed by atoms with Gasteiger partial charge < -0.3 is 19.8 Å². The SMILES string of the molecule is CC(=O)[O-].CC(=O)[O-].[Cu+2].c1ccncc1.c1ccncc1. The third-order valence-electron chi connectivity index (χ3n) is 1.13. The summed E-state index contributed by atoms with van der Waals surface area (Å²) in [6.45, 7) is 1.94. The minimum atomic E-state index is -1.08. The smallest absolute Gasteiger partial charge is 0.550 e. The predicted molar refractivity (Wildman–Crippen MR) is 69.8 cm³/mol. The Bertz CT molecular complexity index is 336. The van der Waals surface area contributed by atoms with E-state index in [1.54, 1.807) is 24.8 Å². The number of hydrogen-bond donors (Lipinski definition) is 0. The van der Waals surface area contributed by atoms with E-state index in [4.69, 9.17) is 19.8 Å². The minimum Gasteiger partial charge on any atom is -0.550 e. The number of aliphatic carboxylic acids is 2. The van der Waals surface area contributed by atoms with Crippen LogP contribution in [0.15, 0.2) is 61.2 Å². The van der Waals surface area contributed by atoms with Crippen molar-refractivity contribution in [2.45, 2.75) is 13.8 Å². The van der Waals surface area contributed by atoms with Crippen LogP contribution in [-0.4, -0.2) is 21.9 Å². The molecule has 0 aromatic carbocycles. The van der Waals surface area contributed by atoms with Gasteiger partial charge in [0.25, 0.3) is 0 Å². The standard InChI is InChI=1S/2C5H5N.2C2H4O2.Cu/c2*1-2-4-6-5-3-1;2*1-2(3)4;/h2*1-5H;2*1H3,(H,3,4);/q;;;;+2/p-2. The van der Waals surface area contributed by atoms with E-state index in [1.807, 2.05) is 36.4 Å². The van der Waals surface area contributed by atoms with Gasteiger partial charge in [0.15, 0.2) is 0 Å². The minimum absolute atomic E-state index is 0. The van der Waals surface area contributed by atoms with Crippen molar-refractivity contribution in [3.8, 4) is 0 Å². The van der Waals surface area contributed by atoms with Crippen LogP contribution in [-0.2, 0) is 26.7 Å². The molecule has 1 radical (unpaired) electrons. The molecule has 7 heteroatoms. The third kappa shape index (κ3) is 46.3. The molecule has 0 unspecified atom stereocenters. The second-order valence-corrected chi connectivity index (χ2v) is 3.03. The van der Waals surface area contributed by atoms with Crippen LogP contribution in [0.4, 0.5) is 0 Å². The fraction of sp³-hybridized carbons (Fsp3) is 0.143. The zero-order valence-electron chi connectivity index (χ0n) is 11.6. The van der Waals surface area contributed by atoms with Crippen LogP contribution in [0, 0.1) is 0 Å². The molecule has 0 aliphatic carbocycles. The number of carboxylic acid groups (broad SMARTS) is 2. The van der Waals surface area contributed by atoms with Crippen LogP contribution >= 0.6 is 0 Å². The second kappa shape index (κ2) is 20.1. The Balaban J connectivity index is -0.000000208. The Kier molecular flexibility index (Phi) is 22.8. The monoisotopic (exact) mass is 339 g/mol. The van der Waals surface area contributed by atoms with Gasteiger partial charge in [0.1, 0.15) is 0 Å². The number of nitrogens with zero attached hydrogens (tertiary/aromatic N) is 2. The van der Waals surface area contributed by atoms with Crippen LogP contribution in [0.25, 0.3) is 0 Å². The van der Waals surface area contributed by atoms with Crippen molar-refractivity contribution in [1.29, 1.82) is 0 Å². The molecular weight excluding hydrogens is 324 g/mol. The first-order chi connectivity index (χ1) is 9.46. The van der Waals surface area contributed by atoms with Gasteiger partial charge in [-0.25, -0.2) is 0 Å². The van der Waals surface area contributed by atoms with E-state index in [-0.39, 0.29) is 17.1 Å². The Morgan fingerprint density at radius 1 is 0.667 bits per heavy atom. The summed E-state index contributed by atoms with van der Waals surface area (Å²) < 4.78 is 0. The van der Waals surface area contributed by atoms with Gasteiger partial charge in [-0.3, -0.25) is 9.97 Å². The molecular formula is C14H16CuN2O4. The van der Waals surface area contributed by atoms with Crippen molar-refractivity contribution < 1.29 is 36.9 Å². The number of carbonyl (C=O) groups excluding carboxylic acids is 2. The molecule has 0 aliphatic heterocycles. The van der Waals surface area contributed by atoms with E-state index < -0.39 is 11.9 Å². The van der Waals surface area contributed by atoms with Gasteiger partial charge in [0.2, 0.25) is 0 Å². The maximum Gasteiger partial charge on any atom is 2.00 e. The van der Waals surface area contributed by atoms with Crippen molar-refractivity contribution in [1.82, 2.24) is 9.97 Å². The van der Waals surface area contributed by atoms with Gasteiger partial charge >= 0.3 is 17.1 Å². The second-order valence-electron chi connectivity index (χ2n) is 3.03. The summed E-state index contributed by atoms with van der Waals surface area (Å²) in [5.74, 6) is -2.17. The van der Waals surface area contributed by atoms with E-state index in [0.717, 1.165) is 13.8 Å². The number of aromatic nitrogens is 2. The van der Waals surface area contributed by atoms with Crippen LogP contribution < -0.4 is 10.2 Å². The molecule has 0 amide bonds. The molecule has 0 aliphatic rings. The number of rotatable bonds is 0. The Hall–Kier alpha value is -2.24. The average molecular weight is 340 g/mol. The summed E-state index contributed by atoms with van der Waals surface area (Å²) in [5.41, 5.74) is 0. The normalized spacial score (nSPS) is 6.95. The molecule has 0 fully saturated rings. The Labute approximate surface area is 134 Å². The van der Waals surface area contributed by atoms with Crippen molar-refractivity contribution in [3.05, 3.63) is 61.2 Å². The molecule has 2 aromatic heterocycles. The third-order valence-corrected chi connectivity index (χ3v) is 1.13. The molecule has 0 saturated carbocycles. The molecule has 2 aromatic rings. The fourth-order valence-electron chi connectivity index (χ4n) is 0.625. The fourth-order valence-corrected chi connectivity index (χ4v) is 0.625. The molecule has 21 heavy (non-hydrogen) atoms. The molecule has 0 bridgehead atoms. The average Bonchev–Trinajstić information content (AvgIpc) is 2.42. The van der Waals surface area contributed by atoms with Gasteiger partial charge in [-0.1, -0.05) is 12.1 Å². The largest absolute Gasteiger partial charge is 2.00 e. The zero-order chi connectivity index (χ0) is 15.6. The van der Waals surface area contributed by atoms with Crippen LogP contribution in [0.3, 0.4) is 0 Å². The van der Waals surface area contributed by atoms with E-state index in [9.17, 15) is 0 Å². The van der Waals surface area contributed by atoms with Crippen molar-refractivity contribution in [2.75, 3.05) is 0 Å².